The molecule has 1 saturated heterocycles. The van der Waals surface area contributed by atoms with E-state index in [2.05, 4.69) is 43.3 Å². The van der Waals surface area contributed by atoms with Crippen molar-refractivity contribution in [1.82, 2.24) is 15.0 Å². The normalized spacial score (nSPS) is 14.6. The summed E-state index contributed by atoms with van der Waals surface area (Å²) in [5, 5.41) is 9.79. The van der Waals surface area contributed by atoms with Gasteiger partial charge in [-0.3, -0.25) is 4.98 Å². The smallest absolute Gasteiger partial charge is 0.148 e. The predicted octanol–water partition coefficient (Wildman–Crippen LogP) is 2.79. The van der Waals surface area contributed by atoms with Crippen LogP contribution in [0.3, 0.4) is 0 Å². The van der Waals surface area contributed by atoms with Crippen molar-refractivity contribution in [1.29, 1.82) is 0 Å². The molecular weight excluding hydrogens is 358 g/mol. The zero-order chi connectivity index (χ0) is 19.2. The predicted molar refractivity (Wildman–Crippen MR) is 111 cm³/mol. The van der Waals surface area contributed by atoms with E-state index < -0.39 is 0 Å². The van der Waals surface area contributed by atoms with Gasteiger partial charge >= 0.3 is 0 Å². The average Bonchev–Trinajstić information content (AvgIpc) is 2.69. The molecule has 142 valence electrons. The lowest BCUT2D eigenvalue weighted by Crippen LogP contribution is -2.37. The summed E-state index contributed by atoms with van der Waals surface area (Å²) in [6, 6.07) is 2.01. The van der Waals surface area contributed by atoms with Crippen LogP contribution >= 0.6 is 11.9 Å². The van der Waals surface area contributed by atoms with Gasteiger partial charge in [-0.05, 0) is 32.3 Å². The average molecular weight is 384 g/mol. The Bertz CT molecular complexity index is 853. The number of nitrogens with one attached hydrogen (secondary N) is 1. The maximum atomic E-state index is 9.79. The van der Waals surface area contributed by atoms with Crippen molar-refractivity contribution in [3.05, 3.63) is 41.1 Å². The molecule has 0 radical (unpaired) electrons. The lowest BCUT2D eigenvalue weighted by Gasteiger charge is -2.31. The molecule has 1 aliphatic rings. The first-order chi connectivity index (χ1) is 13.1. The number of nitrogens with zero attached hydrogens (tertiary/aromatic N) is 4. The molecule has 3 heterocycles. The monoisotopic (exact) mass is 383 g/mol. The fraction of sp³-hybridized carbons (Fsp3) is 0.450. The van der Waals surface area contributed by atoms with Crippen molar-refractivity contribution < 1.29 is 5.11 Å². The van der Waals surface area contributed by atoms with Crippen LogP contribution in [0, 0.1) is 18.8 Å². The van der Waals surface area contributed by atoms with Gasteiger partial charge in [0.1, 0.15) is 12.1 Å². The lowest BCUT2D eigenvalue weighted by molar-refractivity contribution is 0.145. The van der Waals surface area contributed by atoms with Gasteiger partial charge in [0.05, 0.1) is 28.7 Å². The third-order valence-electron chi connectivity index (χ3n) is 4.64. The zero-order valence-corrected chi connectivity index (χ0v) is 16.8. The molecular formula is C20H25N5OS. The first-order valence-electron chi connectivity index (χ1n) is 9.17. The number of aryl methyl sites for hydroxylation is 2. The largest absolute Gasteiger partial charge is 0.393 e. The standard InChI is InChI=1S/C20H25N5OS/c1-4-18-17(6-5-15-11-19(24-27-3)14(2)21-12-15)20(23-13-22-18)25-9-7-16(26)8-10-25/h11-13,16,24,26H,4,7-10H2,1-3H3. The maximum Gasteiger partial charge on any atom is 0.148 e. The molecule has 0 saturated carbocycles. The molecule has 0 amide bonds. The second kappa shape index (κ2) is 9.07. The molecule has 0 aromatic carbocycles. The molecule has 3 rings (SSSR count). The summed E-state index contributed by atoms with van der Waals surface area (Å²) in [4.78, 5) is 15.6. The first kappa shape index (κ1) is 19.5. The van der Waals surface area contributed by atoms with Gasteiger partial charge in [-0.2, -0.15) is 0 Å². The van der Waals surface area contributed by atoms with Crippen molar-refractivity contribution in [2.24, 2.45) is 0 Å². The Morgan fingerprint density at radius 3 is 2.74 bits per heavy atom. The molecule has 0 atom stereocenters. The van der Waals surface area contributed by atoms with Crippen LogP contribution in [-0.2, 0) is 6.42 Å². The highest BCUT2D eigenvalue weighted by atomic mass is 32.2. The number of piperidine rings is 1. The minimum atomic E-state index is -0.218. The van der Waals surface area contributed by atoms with Gasteiger partial charge in [0.25, 0.3) is 0 Å². The van der Waals surface area contributed by atoms with Gasteiger partial charge in [-0.25, -0.2) is 9.97 Å². The molecule has 0 bridgehead atoms. The van der Waals surface area contributed by atoms with Gasteiger partial charge in [0.15, 0.2) is 0 Å². The lowest BCUT2D eigenvalue weighted by atomic mass is 10.1. The summed E-state index contributed by atoms with van der Waals surface area (Å²) in [5.41, 5.74) is 4.58. The van der Waals surface area contributed by atoms with Crippen molar-refractivity contribution in [2.75, 3.05) is 29.0 Å². The topological polar surface area (TPSA) is 74.2 Å². The highest BCUT2D eigenvalue weighted by Gasteiger charge is 2.21. The van der Waals surface area contributed by atoms with Crippen molar-refractivity contribution in [2.45, 2.75) is 39.2 Å². The number of aromatic nitrogens is 3. The summed E-state index contributed by atoms with van der Waals surface area (Å²) in [7, 11) is 0. The summed E-state index contributed by atoms with van der Waals surface area (Å²) < 4.78 is 3.23. The quantitative estimate of drug-likeness (QED) is 0.621. The van der Waals surface area contributed by atoms with Gasteiger partial charge in [-0.1, -0.05) is 30.7 Å². The Kier molecular flexibility index (Phi) is 6.54. The number of aliphatic hydroxyl groups is 1. The Hall–Kier alpha value is -2.30. The first-order valence-corrected chi connectivity index (χ1v) is 10.4. The molecule has 2 aromatic rings. The van der Waals surface area contributed by atoms with Gasteiger partial charge < -0.3 is 14.7 Å². The van der Waals surface area contributed by atoms with E-state index in [4.69, 9.17) is 0 Å². The molecule has 27 heavy (non-hydrogen) atoms. The second-order valence-corrected chi connectivity index (χ2v) is 7.12. The fourth-order valence-corrected chi connectivity index (χ4v) is 3.50. The molecule has 0 spiro atoms. The third kappa shape index (κ3) is 4.71. The number of pyridine rings is 1. The number of aliphatic hydroxyl groups excluding tert-OH is 1. The Morgan fingerprint density at radius 1 is 1.26 bits per heavy atom. The minimum Gasteiger partial charge on any atom is -0.393 e. The number of anilines is 2. The van der Waals surface area contributed by atoms with Crippen LogP contribution in [0.15, 0.2) is 18.6 Å². The van der Waals surface area contributed by atoms with E-state index >= 15 is 0 Å². The van der Waals surface area contributed by atoms with Gasteiger partial charge in [0, 0.05) is 31.1 Å². The molecule has 7 heteroatoms. The van der Waals surface area contributed by atoms with Gasteiger partial charge in [-0.15, -0.1) is 0 Å². The molecule has 0 aliphatic carbocycles. The van der Waals surface area contributed by atoms with Crippen LogP contribution in [-0.4, -0.2) is 45.5 Å². The maximum absolute atomic E-state index is 9.79. The van der Waals surface area contributed by atoms with E-state index in [-0.39, 0.29) is 6.10 Å². The Labute approximate surface area is 165 Å². The molecule has 1 aliphatic heterocycles. The summed E-state index contributed by atoms with van der Waals surface area (Å²) in [6.45, 7) is 5.61. The van der Waals surface area contributed by atoms with E-state index in [1.165, 1.54) is 11.9 Å². The molecule has 1 fully saturated rings. The van der Waals surface area contributed by atoms with Crippen LogP contribution in [0.5, 0.6) is 0 Å². The molecule has 2 aromatic heterocycles. The van der Waals surface area contributed by atoms with Crippen molar-refractivity contribution in [3.63, 3.8) is 0 Å². The third-order valence-corrected chi connectivity index (χ3v) is 5.06. The fourth-order valence-electron chi connectivity index (χ4n) is 3.07. The minimum absolute atomic E-state index is 0.218. The Morgan fingerprint density at radius 2 is 2.04 bits per heavy atom. The summed E-state index contributed by atoms with van der Waals surface area (Å²) >= 11 is 1.53. The summed E-state index contributed by atoms with van der Waals surface area (Å²) in [6.07, 6.45) is 7.46. The van der Waals surface area contributed by atoms with Crippen LogP contribution in [0.25, 0.3) is 0 Å². The van der Waals surface area contributed by atoms with E-state index in [0.29, 0.717) is 0 Å². The van der Waals surface area contributed by atoms with E-state index in [9.17, 15) is 5.11 Å². The van der Waals surface area contributed by atoms with E-state index in [1.807, 2.05) is 19.2 Å². The number of hydrogen-bond donors (Lipinski definition) is 2. The van der Waals surface area contributed by atoms with Crippen molar-refractivity contribution >= 4 is 23.5 Å². The zero-order valence-electron chi connectivity index (χ0n) is 16.0. The SMILES string of the molecule is CCc1ncnc(N2CCC(O)CC2)c1C#Cc1cnc(C)c(NSC)c1. The van der Waals surface area contributed by atoms with Crippen LogP contribution in [0.4, 0.5) is 11.5 Å². The van der Waals surface area contributed by atoms with Gasteiger partial charge in [0.2, 0.25) is 0 Å². The van der Waals surface area contributed by atoms with Crippen molar-refractivity contribution in [3.8, 4) is 11.8 Å². The Balaban J connectivity index is 1.95. The van der Waals surface area contributed by atoms with Crippen LogP contribution < -0.4 is 9.62 Å². The summed E-state index contributed by atoms with van der Waals surface area (Å²) in [5.74, 6) is 7.39. The molecule has 6 nitrogen and oxygen atoms in total. The molecule has 2 N–H and O–H groups in total. The van der Waals surface area contributed by atoms with E-state index in [0.717, 1.165) is 66.4 Å². The second-order valence-electron chi connectivity index (χ2n) is 6.50. The van der Waals surface area contributed by atoms with E-state index in [1.54, 1.807) is 12.5 Å². The highest BCUT2D eigenvalue weighted by molar-refractivity contribution is 7.99. The number of rotatable bonds is 4. The molecule has 0 unspecified atom stereocenters. The highest BCUT2D eigenvalue weighted by Crippen LogP contribution is 2.24. The van der Waals surface area contributed by atoms with Crippen LogP contribution in [0.2, 0.25) is 0 Å². The number of hydrogen-bond acceptors (Lipinski definition) is 7. The van der Waals surface area contributed by atoms with Crippen LogP contribution in [0.1, 0.15) is 42.3 Å².